The highest BCUT2D eigenvalue weighted by molar-refractivity contribution is 9.10. The smallest absolute Gasteiger partial charge is 0.261 e. The van der Waals surface area contributed by atoms with Crippen LogP contribution in [-0.4, -0.2) is 30.5 Å². The first-order valence-corrected chi connectivity index (χ1v) is 6.10. The van der Waals surface area contributed by atoms with Gasteiger partial charge in [-0.15, -0.1) is 0 Å². The van der Waals surface area contributed by atoms with Crippen molar-refractivity contribution in [3.63, 3.8) is 0 Å². The van der Waals surface area contributed by atoms with E-state index in [0.717, 1.165) is 0 Å². The van der Waals surface area contributed by atoms with Gasteiger partial charge in [0.2, 0.25) is 0 Å². The molecule has 0 bridgehead atoms. The standard InChI is InChI=1S/C12H12BrFN2O2/c1-2-16(6-5-15)12(17)8-18-11-4-3-9(13)7-10(11)14/h3-4,7H,2,6,8H2,1H3. The summed E-state index contributed by atoms with van der Waals surface area (Å²) in [5.74, 6) is -0.874. The number of hydrogen-bond donors (Lipinski definition) is 0. The summed E-state index contributed by atoms with van der Waals surface area (Å²) in [5.41, 5.74) is 0. The predicted octanol–water partition coefficient (Wildman–Crippen LogP) is 2.34. The van der Waals surface area contributed by atoms with E-state index < -0.39 is 5.82 Å². The summed E-state index contributed by atoms with van der Waals surface area (Å²) in [6, 6.07) is 6.20. The average molecular weight is 315 g/mol. The van der Waals surface area contributed by atoms with Crippen LogP contribution in [0.15, 0.2) is 22.7 Å². The van der Waals surface area contributed by atoms with Gasteiger partial charge in [-0.3, -0.25) is 4.79 Å². The van der Waals surface area contributed by atoms with Crippen LogP contribution >= 0.6 is 15.9 Å². The van der Waals surface area contributed by atoms with Crippen LogP contribution in [0.1, 0.15) is 6.92 Å². The van der Waals surface area contributed by atoms with Crippen molar-refractivity contribution in [3.8, 4) is 11.8 Å². The van der Waals surface area contributed by atoms with Crippen molar-refractivity contribution in [2.45, 2.75) is 6.92 Å². The second-order valence-electron chi connectivity index (χ2n) is 3.43. The lowest BCUT2D eigenvalue weighted by Crippen LogP contribution is -2.35. The van der Waals surface area contributed by atoms with E-state index in [1.165, 1.54) is 17.0 Å². The molecule has 0 N–H and O–H groups in total. The zero-order chi connectivity index (χ0) is 13.5. The number of nitrogens with zero attached hydrogens (tertiary/aromatic N) is 2. The first-order valence-electron chi connectivity index (χ1n) is 5.31. The van der Waals surface area contributed by atoms with E-state index in [-0.39, 0.29) is 24.8 Å². The topological polar surface area (TPSA) is 53.3 Å². The maximum Gasteiger partial charge on any atom is 0.261 e. The normalized spacial score (nSPS) is 9.67. The second kappa shape index (κ2) is 6.97. The van der Waals surface area contributed by atoms with Gasteiger partial charge >= 0.3 is 0 Å². The third-order valence-electron chi connectivity index (χ3n) is 2.24. The van der Waals surface area contributed by atoms with Crippen LogP contribution in [-0.2, 0) is 4.79 Å². The van der Waals surface area contributed by atoms with Gasteiger partial charge in [0.05, 0.1) is 6.07 Å². The van der Waals surface area contributed by atoms with Crippen LogP contribution in [0.4, 0.5) is 4.39 Å². The fourth-order valence-electron chi connectivity index (χ4n) is 1.28. The minimum Gasteiger partial charge on any atom is -0.481 e. The van der Waals surface area contributed by atoms with Crippen LogP contribution < -0.4 is 4.74 Å². The molecule has 0 fully saturated rings. The second-order valence-corrected chi connectivity index (χ2v) is 4.35. The Hall–Kier alpha value is -1.61. The summed E-state index contributed by atoms with van der Waals surface area (Å²) in [7, 11) is 0. The number of nitriles is 1. The summed E-state index contributed by atoms with van der Waals surface area (Å²) < 4.78 is 19.1. The maximum atomic E-state index is 13.4. The zero-order valence-electron chi connectivity index (χ0n) is 9.82. The zero-order valence-corrected chi connectivity index (χ0v) is 11.4. The predicted molar refractivity (Wildman–Crippen MR) is 67.5 cm³/mol. The van der Waals surface area contributed by atoms with Crippen molar-refractivity contribution in [1.82, 2.24) is 4.90 Å². The lowest BCUT2D eigenvalue weighted by molar-refractivity contribution is -0.132. The van der Waals surface area contributed by atoms with Gasteiger partial charge in [-0.1, -0.05) is 15.9 Å². The van der Waals surface area contributed by atoms with Crippen molar-refractivity contribution < 1.29 is 13.9 Å². The average Bonchev–Trinajstić information content (AvgIpc) is 2.34. The number of benzene rings is 1. The largest absolute Gasteiger partial charge is 0.481 e. The van der Waals surface area contributed by atoms with Gasteiger partial charge in [0.15, 0.2) is 18.2 Å². The Morgan fingerprint density at radius 2 is 2.33 bits per heavy atom. The molecular weight excluding hydrogens is 303 g/mol. The molecule has 1 aromatic rings. The molecule has 6 heteroatoms. The molecule has 0 aliphatic rings. The lowest BCUT2D eigenvalue weighted by Gasteiger charge is -2.17. The van der Waals surface area contributed by atoms with Gasteiger partial charge in [0.1, 0.15) is 6.54 Å². The molecule has 1 amide bonds. The molecule has 0 aromatic heterocycles. The molecule has 0 aliphatic heterocycles. The highest BCUT2D eigenvalue weighted by Crippen LogP contribution is 2.21. The van der Waals surface area contributed by atoms with E-state index in [9.17, 15) is 9.18 Å². The molecule has 1 rings (SSSR count). The molecule has 0 radical (unpaired) electrons. The van der Waals surface area contributed by atoms with Gasteiger partial charge in [-0.05, 0) is 25.1 Å². The van der Waals surface area contributed by atoms with Gasteiger partial charge in [0, 0.05) is 11.0 Å². The summed E-state index contributed by atoms with van der Waals surface area (Å²) in [5, 5.41) is 8.53. The summed E-state index contributed by atoms with van der Waals surface area (Å²) in [6.45, 7) is 1.89. The van der Waals surface area contributed by atoms with Crippen LogP contribution in [0.5, 0.6) is 5.75 Å². The Morgan fingerprint density at radius 1 is 1.61 bits per heavy atom. The van der Waals surface area contributed by atoms with Crippen molar-refractivity contribution in [2.24, 2.45) is 0 Å². The molecule has 0 aliphatic carbocycles. The van der Waals surface area contributed by atoms with E-state index in [0.29, 0.717) is 11.0 Å². The Balaban J connectivity index is 2.59. The molecular formula is C12H12BrFN2O2. The lowest BCUT2D eigenvalue weighted by atomic mass is 10.3. The fraction of sp³-hybridized carbons (Fsp3) is 0.333. The number of ether oxygens (including phenoxy) is 1. The Bertz CT molecular complexity index is 474. The Kier molecular flexibility index (Phi) is 5.59. The molecule has 96 valence electrons. The highest BCUT2D eigenvalue weighted by atomic mass is 79.9. The van der Waals surface area contributed by atoms with E-state index in [2.05, 4.69) is 15.9 Å². The van der Waals surface area contributed by atoms with Crippen LogP contribution in [0.25, 0.3) is 0 Å². The van der Waals surface area contributed by atoms with Crippen LogP contribution in [0.3, 0.4) is 0 Å². The number of halogens is 2. The SMILES string of the molecule is CCN(CC#N)C(=O)COc1ccc(Br)cc1F. The van der Waals surface area contributed by atoms with Gasteiger partial charge < -0.3 is 9.64 Å². The molecule has 0 spiro atoms. The third-order valence-corrected chi connectivity index (χ3v) is 2.73. The van der Waals surface area contributed by atoms with E-state index in [4.69, 9.17) is 10.00 Å². The monoisotopic (exact) mass is 314 g/mol. The van der Waals surface area contributed by atoms with Crippen molar-refractivity contribution in [1.29, 1.82) is 5.26 Å². The van der Waals surface area contributed by atoms with Crippen LogP contribution in [0, 0.1) is 17.1 Å². The molecule has 0 saturated heterocycles. The number of amides is 1. The van der Waals surface area contributed by atoms with Gasteiger partial charge in [-0.2, -0.15) is 5.26 Å². The fourth-order valence-corrected chi connectivity index (χ4v) is 1.62. The molecule has 0 saturated carbocycles. The number of carbonyl (C=O) groups excluding carboxylic acids is 1. The van der Waals surface area contributed by atoms with Crippen molar-refractivity contribution >= 4 is 21.8 Å². The maximum absolute atomic E-state index is 13.4. The van der Waals surface area contributed by atoms with E-state index in [1.807, 2.05) is 6.07 Å². The van der Waals surface area contributed by atoms with Crippen molar-refractivity contribution in [3.05, 3.63) is 28.5 Å². The van der Waals surface area contributed by atoms with Crippen LogP contribution in [0.2, 0.25) is 0 Å². The Morgan fingerprint density at radius 3 is 2.89 bits per heavy atom. The first-order chi connectivity index (χ1) is 8.58. The molecule has 0 heterocycles. The molecule has 1 aromatic carbocycles. The summed E-state index contributed by atoms with van der Waals surface area (Å²) in [6.07, 6.45) is 0. The number of likely N-dealkylation sites (N-methyl/N-ethyl adjacent to an activating group) is 1. The minimum absolute atomic E-state index is 0.00150. The first kappa shape index (κ1) is 14.5. The molecule has 18 heavy (non-hydrogen) atoms. The van der Waals surface area contributed by atoms with E-state index in [1.54, 1.807) is 13.0 Å². The Labute approximate surface area is 113 Å². The molecule has 0 unspecified atom stereocenters. The van der Waals surface area contributed by atoms with E-state index >= 15 is 0 Å². The molecule has 4 nitrogen and oxygen atoms in total. The third kappa shape index (κ3) is 4.00. The highest BCUT2D eigenvalue weighted by Gasteiger charge is 2.13. The van der Waals surface area contributed by atoms with Crippen molar-refractivity contribution in [2.75, 3.05) is 19.7 Å². The summed E-state index contributed by atoms with van der Waals surface area (Å²) in [4.78, 5) is 13.0. The summed E-state index contributed by atoms with van der Waals surface area (Å²) >= 11 is 3.12. The number of rotatable bonds is 5. The molecule has 0 atom stereocenters. The van der Waals surface area contributed by atoms with Gasteiger partial charge in [-0.25, -0.2) is 4.39 Å². The minimum atomic E-state index is -0.541. The van der Waals surface area contributed by atoms with Gasteiger partial charge in [0.25, 0.3) is 5.91 Å². The quantitative estimate of drug-likeness (QED) is 0.784. The number of hydrogen-bond acceptors (Lipinski definition) is 3. The number of carbonyl (C=O) groups is 1.